The summed E-state index contributed by atoms with van der Waals surface area (Å²) in [7, 11) is 1.53. The minimum Gasteiger partial charge on any atom is -0.493 e. The summed E-state index contributed by atoms with van der Waals surface area (Å²) >= 11 is 1.53. The van der Waals surface area contributed by atoms with Crippen molar-refractivity contribution >= 4 is 40.9 Å². The van der Waals surface area contributed by atoms with Crippen LogP contribution in [0.15, 0.2) is 78.9 Å². The summed E-state index contributed by atoms with van der Waals surface area (Å²) < 4.78 is 10.8. The van der Waals surface area contributed by atoms with Gasteiger partial charge in [0.25, 0.3) is 11.8 Å². The molecule has 1 fully saturated rings. The molecule has 3 aromatic rings. The van der Waals surface area contributed by atoms with Crippen molar-refractivity contribution in [3.63, 3.8) is 0 Å². The van der Waals surface area contributed by atoms with E-state index in [0.717, 1.165) is 0 Å². The van der Waals surface area contributed by atoms with Crippen LogP contribution in [0.25, 0.3) is 0 Å². The summed E-state index contributed by atoms with van der Waals surface area (Å²) in [5, 5.41) is 5.62. The van der Waals surface area contributed by atoms with E-state index in [-0.39, 0.29) is 24.3 Å². The molecule has 0 bridgehead atoms. The normalized spacial score (nSPS) is 14.8. The zero-order valence-electron chi connectivity index (χ0n) is 19.1. The van der Waals surface area contributed by atoms with Crippen molar-refractivity contribution in [1.82, 2.24) is 4.90 Å². The number of ether oxygens (including phenoxy) is 2. The van der Waals surface area contributed by atoms with Crippen molar-refractivity contribution in [2.24, 2.45) is 0 Å². The molecular weight excluding hydrogens is 466 g/mol. The first kappa shape index (κ1) is 24.2. The second-order valence-corrected chi connectivity index (χ2v) is 8.71. The van der Waals surface area contributed by atoms with Gasteiger partial charge in [0.05, 0.1) is 13.0 Å². The monoisotopic (exact) mass is 491 g/mol. The number of para-hydroxylation sites is 2. The molecule has 3 amide bonds. The van der Waals surface area contributed by atoms with E-state index in [1.807, 2.05) is 12.1 Å². The van der Waals surface area contributed by atoms with E-state index in [4.69, 9.17) is 9.47 Å². The van der Waals surface area contributed by atoms with Crippen molar-refractivity contribution in [3.8, 4) is 11.5 Å². The van der Waals surface area contributed by atoms with E-state index in [9.17, 15) is 14.4 Å². The Kier molecular flexibility index (Phi) is 7.89. The number of thioether (sulfide) groups is 1. The van der Waals surface area contributed by atoms with Crippen LogP contribution in [0.3, 0.4) is 0 Å². The Balaban J connectivity index is 1.35. The average molecular weight is 492 g/mol. The first-order valence-electron chi connectivity index (χ1n) is 11.0. The minimum atomic E-state index is -0.583. The molecule has 1 saturated heterocycles. The SMILES string of the molecule is COc1ccccc1OCC(=O)Nc1cccc(NC(=O)C2CSCN2C(=O)c2ccccc2)c1. The highest BCUT2D eigenvalue weighted by Gasteiger charge is 2.35. The van der Waals surface area contributed by atoms with Crippen LogP contribution in [0.4, 0.5) is 11.4 Å². The fraction of sp³-hybridized carbons (Fsp3) is 0.192. The van der Waals surface area contributed by atoms with Gasteiger partial charge >= 0.3 is 0 Å². The molecule has 2 N–H and O–H groups in total. The van der Waals surface area contributed by atoms with Gasteiger partial charge < -0.3 is 25.0 Å². The number of hydrogen-bond donors (Lipinski definition) is 2. The fourth-order valence-corrected chi connectivity index (χ4v) is 4.74. The van der Waals surface area contributed by atoms with Crippen LogP contribution in [0.5, 0.6) is 11.5 Å². The lowest BCUT2D eigenvalue weighted by molar-refractivity contribution is -0.119. The van der Waals surface area contributed by atoms with Gasteiger partial charge in [-0.15, -0.1) is 11.8 Å². The lowest BCUT2D eigenvalue weighted by Crippen LogP contribution is -2.44. The number of anilines is 2. The Morgan fingerprint density at radius 1 is 0.914 bits per heavy atom. The second-order valence-electron chi connectivity index (χ2n) is 7.71. The van der Waals surface area contributed by atoms with E-state index >= 15 is 0 Å². The zero-order valence-corrected chi connectivity index (χ0v) is 19.9. The predicted molar refractivity (Wildman–Crippen MR) is 136 cm³/mol. The highest BCUT2D eigenvalue weighted by atomic mass is 32.2. The molecule has 0 aliphatic carbocycles. The number of nitrogens with zero attached hydrogens (tertiary/aromatic N) is 1. The molecule has 3 aromatic carbocycles. The molecule has 1 heterocycles. The lowest BCUT2D eigenvalue weighted by atomic mass is 10.1. The van der Waals surface area contributed by atoms with Crippen molar-refractivity contribution in [3.05, 3.63) is 84.4 Å². The summed E-state index contributed by atoms with van der Waals surface area (Å²) in [6, 6.07) is 22.2. The number of benzene rings is 3. The van der Waals surface area contributed by atoms with Crippen LogP contribution < -0.4 is 20.1 Å². The molecule has 180 valence electrons. The molecule has 0 radical (unpaired) electrons. The molecule has 0 spiro atoms. The van der Waals surface area contributed by atoms with E-state index in [1.165, 1.54) is 18.9 Å². The van der Waals surface area contributed by atoms with Crippen molar-refractivity contribution < 1.29 is 23.9 Å². The topological polar surface area (TPSA) is 97.0 Å². The molecule has 4 rings (SSSR count). The number of carbonyl (C=O) groups is 3. The minimum absolute atomic E-state index is 0.174. The number of amides is 3. The maximum Gasteiger partial charge on any atom is 0.262 e. The van der Waals surface area contributed by atoms with Crippen molar-refractivity contribution in [2.45, 2.75) is 6.04 Å². The molecule has 8 nitrogen and oxygen atoms in total. The summed E-state index contributed by atoms with van der Waals surface area (Å²) in [6.45, 7) is -0.202. The van der Waals surface area contributed by atoms with Gasteiger partial charge in [-0.3, -0.25) is 14.4 Å². The van der Waals surface area contributed by atoms with Gasteiger partial charge in [0.15, 0.2) is 18.1 Å². The molecule has 1 unspecified atom stereocenters. The summed E-state index contributed by atoms with van der Waals surface area (Å²) in [4.78, 5) is 39.8. The highest BCUT2D eigenvalue weighted by Crippen LogP contribution is 2.26. The van der Waals surface area contributed by atoms with Gasteiger partial charge in [0, 0.05) is 22.7 Å². The van der Waals surface area contributed by atoms with E-state index < -0.39 is 6.04 Å². The van der Waals surface area contributed by atoms with Crippen LogP contribution in [-0.4, -0.2) is 54.0 Å². The average Bonchev–Trinajstić information content (AvgIpc) is 3.38. The number of hydrogen-bond acceptors (Lipinski definition) is 6. The van der Waals surface area contributed by atoms with Gasteiger partial charge in [0.2, 0.25) is 5.91 Å². The molecule has 0 saturated carbocycles. The van der Waals surface area contributed by atoms with Crippen molar-refractivity contribution in [2.75, 3.05) is 36.0 Å². The lowest BCUT2D eigenvalue weighted by Gasteiger charge is -2.23. The smallest absolute Gasteiger partial charge is 0.262 e. The van der Waals surface area contributed by atoms with Gasteiger partial charge in [-0.25, -0.2) is 0 Å². The van der Waals surface area contributed by atoms with E-state index in [1.54, 1.807) is 71.6 Å². The quantitative estimate of drug-likeness (QED) is 0.497. The first-order chi connectivity index (χ1) is 17.0. The Morgan fingerprint density at radius 3 is 2.34 bits per heavy atom. The Morgan fingerprint density at radius 2 is 1.60 bits per heavy atom. The Hall–Kier alpha value is -3.98. The third kappa shape index (κ3) is 6.13. The van der Waals surface area contributed by atoms with Gasteiger partial charge in [0.1, 0.15) is 6.04 Å². The third-order valence-electron chi connectivity index (χ3n) is 5.31. The van der Waals surface area contributed by atoms with Crippen LogP contribution in [-0.2, 0) is 9.59 Å². The predicted octanol–water partition coefficient (Wildman–Crippen LogP) is 3.87. The van der Waals surface area contributed by atoms with Crippen LogP contribution in [0, 0.1) is 0 Å². The summed E-state index contributed by atoms with van der Waals surface area (Å²) in [5.74, 6) is 1.17. The highest BCUT2D eigenvalue weighted by molar-refractivity contribution is 7.99. The van der Waals surface area contributed by atoms with Crippen LogP contribution >= 0.6 is 11.8 Å². The third-order valence-corrected chi connectivity index (χ3v) is 6.32. The molecule has 9 heteroatoms. The van der Waals surface area contributed by atoms with Crippen molar-refractivity contribution in [1.29, 1.82) is 0 Å². The first-order valence-corrected chi connectivity index (χ1v) is 12.1. The number of carbonyl (C=O) groups excluding carboxylic acids is 3. The zero-order chi connectivity index (χ0) is 24.6. The van der Waals surface area contributed by atoms with Crippen LogP contribution in [0.2, 0.25) is 0 Å². The van der Waals surface area contributed by atoms with E-state index in [2.05, 4.69) is 10.6 Å². The Bertz CT molecular complexity index is 1200. The van der Waals surface area contributed by atoms with Crippen LogP contribution in [0.1, 0.15) is 10.4 Å². The fourth-order valence-electron chi connectivity index (χ4n) is 3.59. The molecular formula is C26H25N3O5S. The standard InChI is InChI=1S/C26H25N3O5S/c1-33-22-12-5-6-13-23(22)34-15-24(30)27-19-10-7-11-20(14-19)28-25(31)21-16-35-17-29(21)26(32)18-8-3-2-4-9-18/h2-14,21H,15-17H2,1H3,(H,27,30)(H,28,31). The second kappa shape index (κ2) is 11.4. The Labute approximate surface area is 207 Å². The molecule has 1 aliphatic rings. The van der Waals surface area contributed by atoms with E-state index in [0.29, 0.717) is 40.1 Å². The number of rotatable bonds is 8. The maximum absolute atomic E-state index is 13.0. The largest absolute Gasteiger partial charge is 0.493 e. The maximum atomic E-state index is 13.0. The van der Waals surface area contributed by atoms with Gasteiger partial charge in [-0.1, -0.05) is 36.4 Å². The molecule has 1 atom stereocenters. The van der Waals surface area contributed by atoms with Gasteiger partial charge in [-0.2, -0.15) is 0 Å². The molecule has 0 aromatic heterocycles. The number of methoxy groups -OCH3 is 1. The van der Waals surface area contributed by atoms with Gasteiger partial charge in [-0.05, 0) is 42.5 Å². The molecule has 1 aliphatic heterocycles. The number of nitrogens with one attached hydrogen (secondary N) is 2. The summed E-state index contributed by atoms with van der Waals surface area (Å²) in [6.07, 6.45) is 0. The summed E-state index contributed by atoms with van der Waals surface area (Å²) in [5.41, 5.74) is 1.57. The molecule has 35 heavy (non-hydrogen) atoms.